The van der Waals surface area contributed by atoms with E-state index in [2.05, 4.69) is 26.1 Å². The van der Waals surface area contributed by atoms with Gasteiger partial charge in [-0.05, 0) is 29.8 Å². The number of nitrogens with zero attached hydrogens (tertiary/aromatic N) is 1. The Kier molecular flexibility index (Phi) is 6.04. The molecule has 0 fully saturated rings. The Labute approximate surface area is 204 Å². The van der Waals surface area contributed by atoms with Crippen molar-refractivity contribution < 1.29 is 14.7 Å². The van der Waals surface area contributed by atoms with Crippen molar-refractivity contribution in [3.8, 4) is 0 Å². The monoisotopic (exact) mass is 486 g/mol. The normalized spacial score (nSPS) is 12.8. The van der Waals surface area contributed by atoms with Crippen LogP contribution in [0.15, 0.2) is 78.2 Å². The van der Waals surface area contributed by atoms with E-state index in [1.807, 2.05) is 30.3 Å². The number of hydrogen-bond acceptors (Lipinski definition) is 7. The number of imidazole rings is 1. The predicted molar refractivity (Wildman–Crippen MR) is 137 cm³/mol. The molecule has 2 unspecified atom stereocenters. The molecule has 0 aliphatic rings. The molecule has 176 valence electrons. The molecule has 0 saturated heterocycles. The quantitative estimate of drug-likeness (QED) is 0.195. The second-order valence-corrected chi connectivity index (χ2v) is 8.83. The summed E-state index contributed by atoms with van der Waals surface area (Å²) in [6.45, 7) is 0. The Morgan fingerprint density at radius 2 is 1.80 bits per heavy atom. The number of H-pyrrole nitrogens is 1. The number of aromatic amines is 1. The van der Waals surface area contributed by atoms with Crippen LogP contribution in [0.4, 0.5) is 11.6 Å². The van der Waals surface area contributed by atoms with Gasteiger partial charge in [0.2, 0.25) is 0 Å². The summed E-state index contributed by atoms with van der Waals surface area (Å²) in [6.07, 6.45) is -1.56. The number of nitrogen functional groups attached to an aromatic ring is 1. The Morgan fingerprint density at radius 1 is 1.03 bits per heavy atom. The number of thiophene rings is 1. The molecule has 3 aromatic carbocycles. The number of anilines is 2. The first-order chi connectivity index (χ1) is 17.0. The lowest BCUT2D eigenvalue weighted by Crippen LogP contribution is -2.46. The van der Waals surface area contributed by atoms with E-state index >= 15 is 0 Å². The molecule has 0 bridgehead atoms. The fraction of sp³-hybridized carbons (Fsp3) is 0.0800. The van der Waals surface area contributed by atoms with E-state index in [1.54, 1.807) is 47.8 Å². The summed E-state index contributed by atoms with van der Waals surface area (Å²) >= 11 is 1.46. The van der Waals surface area contributed by atoms with Gasteiger partial charge < -0.3 is 21.1 Å². The van der Waals surface area contributed by atoms with Gasteiger partial charge in [-0.2, -0.15) is 0 Å². The van der Waals surface area contributed by atoms with Crippen LogP contribution in [0.2, 0.25) is 0 Å². The number of hydrogen-bond donors (Lipinski definition) is 6. The van der Waals surface area contributed by atoms with Gasteiger partial charge in [-0.1, -0.05) is 48.5 Å². The highest BCUT2D eigenvalue weighted by Gasteiger charge is 2.30. The maximum Gasteiger partial charge on any atom is 0.269 e. The van der Waals surface area contributed by atoms with Crippen molar-refractivity contribution >= 4 is 55.9 Å². The van der Waals surface area contributed by atoms with Gasteiger partial charge in [0.1, 0.15) is 0 Å². The minimum Gasteiger partial charge on any atom is -0.381 e. The number of benzene rings is 3. The molecule has 5 rings (SSSR count). The number of nitrogens with two attached hydrogens (primary N) is 1. The van der Waals surface area contributed by atoms with Crippen LogP contribution in [-0.2, 0) is 4.79 Å². The molecule has 2 atom stereocenters. The minimum absolute atomic E-state index is 0.288. The second kappa shape index (κ2) is 9.45. The standard InChI is InChI=1S/C25H22N6O3S/c26-25-27-18-11-10-15(12-19(18)28-25)30-31-24(34)22(32)21(14-6-2-1-3-7-14)29-23(33)17-13-35-20-9-5-4-8-16(17)20/h1-13,21-22,30,32H,(H,29,33)(H,31,34)(H3,26,27,28). The molecule has 0 aliphatic carbocycles. The van der Waals surface area contributed by atoms with Crippen LogP contribution in [0, 0.1) is 0 Å². The number of carbonyl (C=O) groups excluding carboxylic acids is 2. The summed E-state index contributed by atoms with van der Waals surface area (Å²) in [4.78, 5) is 33.1. The molecule has 0 aliphatic heterocycles. The first kappa shape index (κ1) is 22.4. The first-order valence-corrected chi connectivity index (χ1v) is 11.7. The second-order valence-electron chi connectivity index (χ2n) is 7.92. The van der Waals surface area contributed by atoms with Gasteiger partial charge in [0.15, 0.2) is 12.1 Å². The fourth-order valence-electron chi connectivity index (χ4n) is 3.84. The van der Waals surface area contributed by atoms with Crippen LogP contribution in [0.5, 0.6) is 0 Å². The van der Waals surface area contributed by atoms with E-state index in [-0.39, 0.29) is 11.9 Å². The molecule has 0 radical (unpaired) electrons. The molecular weight excluding hydrogens is 464 g/mol. The topological polar surface area (TPSA) is 145 Å². The highest BCUT2D eigenvalue weighted by Crippen LogP contribution is 2.27. The number of aromatic nitrogens is 2. The average molecular weight is 487 g/mol. The number of rotatable bonds is 7. The minimum atomic E-state index is -1.56. The largest absolute Gasteiger partial charge is 0.381 e. The molecule has 0 saturated carbocycles. The van der Waals surface area contributed by atoms with E-state index in [1.165, 1.54) is 11.3 Å². The zero-order valence-corrected chi connectivity index (χ0v) is 19.2. The average Bonchev–Trinajstić information content (AvgIpc) is 3.48. The third-order valence-electron chi connectivity index (χ3n) is 5.59. The van der Waals surface area contributed by atoms with Gasteiger partial charge in [0, 0.05) is 15.5 Å². The molecule has 35 heavy (non-hydrogen) atoms. The summed E-state index contributed by atoms with van der Waals surface area (Å²) < 4.78 is 0.979. The molecule has 10 heteroatoms. The Morgan fingerprint density at radius 3 is 2.63 bits per heavy atom. The third kappa shape index (κ3) is 4.65. The van der Waals surface area contributed by atoms with Gasteiger partial charge in [-0.15, -0.1) is 11.3 Å². The van der Waals surface area contributed by atoms with Crippen molar-refractivity contribution in [2.45, 2.75) is 12.1 Å². The lowest BCUT2D eigenvalue weighted by atomic mass is 10.00. The number of aliphatic hydroxyl groups excluding tert-OH is 1. The van der Waals surface area contributed by atoms with Gasteiger partial charge in [0.05, 0.1) is 28.3 Å². The van der Waals surface area contributed by atoms with Crippen LogP contribution in [0.1, 0.15) is 22.0 Å². The predicted octanol–water partition coefficient (Wildman–Crippen LogP) is 3.34. The van der Waals surface area contributed by atoms with E-state index in [0.29, 0.717) is 27.8 Å². The molecular formula is C25H22N6O3S. The molecule has 7 N–H and O–H groups in total. The summed E-state index contributed by atoms with van der Waals surface area (Å²) in [5.41, 5.74) is 14.0. The number of nitrogens with one attached hydrogen (secondary N) is 4. The molecule has 0 spiro atoms. The zero-order chi connectivity index (χ0) is 24.4. The lowest BCUT2D eigenvalue weighted by molar-refractivity contribution is -0.130. The van der Waals surface area contributed by atoms with Crippen molar-refractivity contribution in [1.82, 2.24) is 20.7 Å². The Balaban J connectivity index is 1.34. The zero-order valence-electron chi connectivity index (χ0n) is 18.4. The van der Waals surface area contributed by atoms with Crippen molar-refractivity contribution in [2.75, 3.05) is 11.2 Å². The fourth-order valence-corrected chi connectivity index (χ4v) is 4.78. The molecule has 2 amide bonds. The molecule has 5 aromatic rings. The summed E-state index contributed by atoms with van der Waals surface area (Å²) in [7, 11) is 0. The molecule has 9 nitrogen and oxygen atoms in total. The maximum absolute atomic E-state index is 13.2. The summed E-state index contributed by atoms with van der Waals surface area (Å²) in [5, 5.41) is 16.4. The number of amides is 2. The number of carbonyl (C=O) groups is 2. The Bertz CT molecular complexity index is 1510. The summed E-state index contributed by atoms with van der Waals surface area (Å²) in [6, 6.07) is 20.7. The van der Waals surface area contributed by atoms with Gasteiger partial charge in [-0.25, -0.2) is 4.98 Å². The van der Waals surface area contributed by atoms with Crippen LogP contribution >= 0.6 is 11.3 Å². The van der Waals surface area contributed by atoms with Crippen LogP contribution in [0.3, 0.4) is 0 Å². The van der Waals surface area contributed by atoms with E-state index in [9.17, 15) is 14.7 Å². The number of fused-ring (bicyclic) bond motifs is 2. The third-order valence-corrected chi connectivity index (χ3v) is 6.55. The van der Waals surface area contributed by atoms with Gasteiger partial charge in [0.25, 0.3) is 11.8 Å². The van der Waals surface area contributed by atoms with Gasteiger partial charge >= 0.3 is 0 Å². The van der Waals surface area contributed by atoms with Crippen LogP contribution in [0.25, 0.3) is 21.1 Å². The maximum atomic E-state index is 13.2. The Hall–Kier alpha value is -4.41. The van der Waals surface area contributed by atoms with E-state index in [0.717, 1.165) is 10.1 Å². The molecule has 2 heterocycles. The van der Waals surface area contributed by atoms with Crippen molar-refractivity contribution in [3.05, 3.63) is 89.3 Å². The smallest absolute Gasteiger partial charge is 0.269 e. The van der Waals surface area contributed by atoms with Crippen LogP contribution in [-0.4, -0.2) is 33.0 Å². The molecule has 2 aromatic heterocycles. The van der Waals surface area contributed by atoms with Gasteiger partial charge in [-0.3, -0.25) is 20.4 Å². The highest BCUT2D eigenvalue weighted by atomic mass is 32.1. The first-order valence-electron chi connectivity index (χ1n) is 10.8. The van der Waals surface area contributed by atoms with E-state index < -0.39 is 18.1 Å². The van der Waals surface area contributed by atoms with Crippen molar-refractivity contribution in [2.24, 2.45) is 0 Å². The van der Waals surface area contributed by atoms with Crippen molar-refractivity contribution in [3.63, 3.8) is 0 Å². The highest BCUT2D eigenvalue weighted by molar-refractivity contribution is 7.17. The number of hydrazine groups is 1. The van der Waals surface area contributed by atoms with Crippen molar-refractivity contribution in [1.29, 1.82) is 0 Å². The van der Waals surface area contributed by atoms with E-state index in [4.69, 9.17) is 5.73 Å². The summed E-state index contributed by atoms with van der Waals surface area (Å²) in [5.74, 6) is -0.798. The van der Waals surface area contributed by atoms with Crippen LogP contribution < -0.4 is 21.9 Å². The lowest BCUT2D eigenvalue weighted by Gasteiger charge is -2.24. The SMILES string of the molecule is Nc1nc2ccc(NNC(=O)C(O)C(NC(=O)c3csc4ccccc34)c3ccccc3)cc2[nH]1. The number of aliphatic hydroxyl groups is 1.